The molecule has 3 amide bonds. The number of aromatic nitrogens is 2. The number of pyridine rings is 2. The molecule has 0 saturated carbocycles. The van der Waals surface area contributed by atoms with Gasteiger partial charge < -0.3 is 14.7 Å². The number of carbonyl (C=O) groups excluding carboxylic acids is 3. The van der Waals surface area contributed by atoms with Crippen LogP contribution in [-0.2, 0) is 40.2 Å². The number of para-hydroxylation sites is 1. The number of nitrogens with zero attached hydrogens (tertiary/aromatic N) is 6. The van der Waals surface area contributed by atoms with Gasteiger partial charge in [0.1, 0.15) is 11.9 Å². The Morgan fingerprint density at radius 3 is 2.55 bits per heavy atom. The topological polar surface area (TPSA) is 90.0 Å². The van der Waals surface area contributed by atoms with Crippen molar-refractivity contribution < 1.29 is 27.6 Å². The minimum atomic E-state index is -4.63. The normalized spacial score (nSPS) is 16.2. The third-order valence-corrected chi connectivity index (χ3v) is 8.01. The van der Waals surface area contributed by atoms with Crippen molar-refractivity contribution in [3.63, 3.8) is 0 Å². The molecule has 0 radical (unpaired) electrons. The Bertz CT molecular complexity index is 1660. The molecule has 0 spiro atoms. The number of anilines is 3. The van der Waals surface area contributed by atoms with E-state index in [-0.39, 0.29) is 30.3 Å². The van der Waals surface area contributed by atoms with Gasteiger partial charge in [-0.05, 0) is 61.7 Å². The first-order chi connectivity index (χ1) is 20.8. The van der Waals surface area contributed by atoms with Crippen molar-refractivity contribution >= 4 is 34.9 Å². The lowest BCUT2D eigenvalue weighted by molar-refractivity contribution is -0.137. The fourth-order valence-corrected chi connectivity index (χ4v) is 5.89. The first-order valence-electron chi connectivity index (χ1n) is 14.1. The summed E-state index contributed by atoms with van der Waals surface area (Å²) in [6, 6.07) is 10.1. The molecule has 1 fully saturated rings. The van der Waals surface area contributed by atoms with Crippen LogP contribution >= 0.6 is 0 Å². The molecule has 3 aromatic rings. The summed E-state index contributed by atoms with van der Waals surface area (Å²) in [4.78, 5) is 54.1. The van der Waals surface area contributed by atoms with Crippen molar-refractivity contribution in [1.82, 2.24) is 14.9 Å². The van der Waals surface area contributed by atoms with Gasteiger partial charge in [-0.2, -0.15) is 13.2 Å². The molecule has 1 saturated heterocycles. The Kier molecular flexibility index (Phi) is 8.19. The van der Waals surface area contributed by atoms with Crippen LogP contribution < -0.4 is 14.7 Å². The van der Waals surface area contributed by atoms with Crippen molar-refractivity contribution in [3.05, 3.63) is 88.9 Å². The van der Waals surface area contributed by atoms with Crippen LogP contribution in [0.3, 0.4) is 0 Å². The van der Waals surface area contributed by atoms with Gasteiger partial charge in [-0.3, -0.25) is 24.3 Å². The van der Waals surface area contributed by atoms with Gasteiger partial charge in [-0.15, -0.1) is 0 Å². The second-order valence-corrected chi connectivity index (χ2v) is 11.2. The summed E-state index contributed by atoms with van der Waals surface area (Å²) in [6.07, 6.45) is -3.17. The molecule has 0 bridgehead atoms. The van der Waals surface area contributed by atoms with Gasteiger partial charge in [0, 0.05) is 32.8 Å². The van der Waals surface area contributed by atoms with Crippen molar-refractivity contribution in [2.24, 2.45) is 0 Å². The average molecular weight is 607 g/mol. The van der Waals surface area contributed by atoms with E-state index in [9.17, 15) is 27.6 Å². The number of aryl methyl sites for hydroxylation is 2. The summed E-state index contributed by atoms with van der Waals surface area (Å²) in [5.41, 5.74) is 3.98. The zero-order valence-corrected chi connectivity index (χ0v) is 25.0. The number of benzene rings is 1. The number of alkyl halides is 3. The number of likely N-dealkylation sites (N-methyl/N-ethyl adjacent to an activating group) is 1. The Labute approximate surface area is 253 Å². The highest BCUT2D eigenvalue weighted by atomic mass is 19.4. The van der Waals surface area contributed by atoms with Gasteiger partial charge in [-0.25, -0.2) is 4.98 Å². The summed E-state index contributed by atoms with van der Waals surface area (Å²) in [6.45, 7) is 8.19. The van der Waals surface area contributed by atoms with E-state index in [1.165, 1.54) is 17.9 Å². The Balaban J connectivity index is 1.40. The Morgan fingerprint density at radius 1 is 1.09 bits per heavy atom. The SMILES string of the molecule is C=CC(=O)N1Cc2ccc(CN(C)c3c(C)cccc3N(C)C(=O)[C@@H]3CCC(=O)N3c3cc(C(F)(F)F)cc(C)n3)nc2C1. The van der Waals surface area contributed by atoms with Crippen LogP contribution in [0.2, 0.25) is 0 Å². The minimum absolute atomic E-state index is 0.0155. The summed E-state index contributed by atoms with van der Waals surface area (Å²) in [5.74, 6) is -1.24. The largest absolute Gasteiger partial charge is 0.416 e. The van der Waals surface area contributed by atoms with E-state index < -0.39 is 29.6 Å². The van der Waals surface area contributed by atoms with Gasteiger partial charge in [0.2, 0.25) is 17.7 Å². The molecule has 0 unspecified atom stereocenters. The molecule has 44 heavy (non-hydrogen) atoms. The number of halogens is 3. The monoisotopic (exact) mass is 606 g/mol. The molecule has 1 atom stereocenters. The van der Waals surface area contributed by atoms with Crippen LogP contribution in [0.25, 0.3) is 0 Å². The average Bonchev–Trinajstić information content (AvgIpc) is 3.58. The number of fused-ring (bicyclic) bond motifs is 1. The van der Waals surface area contributed by atoms with Crippen molar-refractivity contribution in [3.8, 4) is 0 Å². The Hall–Kier alpha value is -4.74. The molecule has 9 nitrogen and oxygen atoms in total. The third kappa shape index (κ3) is 5.88. The molecule has 230 valence electrons. The summed E-state index contributed by atoms with van der Waals surface area (Å²) < 4.78 is 40.6. The molecule has 2 aliphatic heterocycles. The van der Waals surface area contributed by atoms with Crippen LogP contribution in [0.1, 0.15) is 46.6 Å². The van der Waals surface area contributed by atoms with E-state index >= 15 is 0 Å². The van der Waals surface area contributed by atoms with E-state index in [0.717, 1.165) is 45.2 Å². The molecular formula is C32H33F3N6O3. The first-order valence-corrected chi connectivity index (χ1v) is 14.1. The smallest absolute Gasteiger partial charge is 0.367 e. The molecule has 5 rings (SSSR count). The van der Waals surface area contributed by atoms with Crippen LogP contribution in [0.5, 0.6) is 0 Å². The highest BCUT2D eigenvalue weighted by Crippen LogP contribution is 2.37. The molecule has 2 aromatic heterocycles. The first kappa shape index (κ1) is 30.7. The van der Waals surface area contributed by atoms with Gasteiger partial charge in [0.25, 0.3) is 0 Å². The fourth-order valence-electron chi connectivity index (χ4n) is 5.89. The lowest BCUT2D eigenvalue weighted by atomic mass is 10.1. The molecule has 12 heteroatoms. The summed E-state index contributed by atoms with van der Waals surface area (Å²) in [5, 5.41) is 0. The number of carbonyl (C=O) groups is 3. The quantitative estimate of drug-likeness (QED) is 0.354. The summed E-state index contributed by atoms with van der Waals surface area (Å²) >= 11 is 0. The third-order valence-electron chi connectivity index (χ3n) is 8.01. The van der Waals surface area contributed by atoms with Crippen LogP contribution in [0.15, 0.2) is 55.1 Å². The molecule has 0 aliphatic carbocycles. The fraction of sp³-hybridized carbons (Fsp3) is 0.344. The zero-order chi connectivity index (χ0) is 31.9. The van der Waals surface area contributed by atoms with Crippen molar-refractivity contribution in [2.45, 2.75) is 58.5 Å². The molecule has 4 heterocycles. The number of hydrogen-bond donors (Lipinski definition) is 0. The lowest BCUT2D eigenvalue weighted by Gasteiger charge is -2.32. The van der Waals surface area contributed by atoms with E-state index in [4.69, 9.17) is 4.98 Å². The van der Waals surface area contributed by atoms with Gasteiger partial charge >= 0.3 is 6.18 Å². The highest BCUT2D eigenvalue weighted by Gasteiger charge is 2.41. The minimum Gasteiger partial charge on any atom is -0.367 e. The van der Waals surface area contributed by atoms with Crippen molar-refractivity contribution in [1.29, 1.82) is 0 Å². The van der Waals surface area contributed by atoms with E-state index in [1.54, 1.807) is 18.0 Å². The highest BCUT2D eigenvalue weighted by molar-refractivity contribution is 6.09. The molecular weight excluding hydrogens is 573 g/mol. The van der Waals surface area contributed by atoms with E-state index in [0.29, 0.717) is 25.3 Å². The second kappa shape index (κ2) is 11.7. The Morgan fingerprint density at radius 2 is 1.84 bits per heavy atom. The zero-order valence-electron chi connectivity index (χ0n) is 25.0. The van der Waals surface area contributed by atoms with Gasteiger partial charge in [0.05, 0.1) is 41.4 Å². The molecule has 2 aliphatic rings. The van der Waals surface area contributed by atoms with Gasteiger partial charge in [0.15, 0.2) is 0 Å². The number of rotatable bonds is 7. The lowest BCUT2D eigenvalue weighted by Crippen LogP contribution is -2.46. The predicted molar refractivity (Wildman–Crippen MR) is 160 cm³/mol. The van der Waals surface area contributed by atoms with E-state index in [2.05, 4.69) is 11.6 Å². The van der Waals surface area contributed by atoms with Crippen LogP contribution in [-0.4, -0.2) is 52.7 Å². The number of hydrogen-bond acceptors (Lipinski definition) is 6. The molecule has 0 N–H and O–H groups in total. The van der Waals surface area contributed by atoms with Crippen LogP contribution in [0, 0.1) is 13.8 Å². The van der Waals surface area contributed by atoms with Crippen LogP contribution in [0.4, 0.5) is 30.4 Å². The summed E-state index contributed by atoms with van der Waals surface area (Å²) in [7, 11) is 3.48. The van der Waals surface area contributed by atoms with E-state index in [1.807, 2.05) is 43.1 Å². The predicted octanol–water partition coefficient (Wildman–Crippen LogP) is 4.94. The maximum Gasteiger partial charge on any atom is 0.416 e. The second-order valence-electron chi connectivity index (χ2n) is 11.2. The number of amides is 3. The standard InChI is InChI=1S/C32H33F3N6O3/c1-6-28(42)40-16-21-10-11-23(37-24(21)18-40)17-38(4)30-19(2)8-7-9-25(30)39(5)31(44)26-12-13-29(43)41(26)27-15-22(32(33,34)35)14-20(3)36-27/h6-11,14-15,26H,1,12-13,16-18H2,2-5H3/t26-/m0/s1. The van der Waals surface area contributed by atoms with Gasteiger partial charge in [-0.1, -0.05) is 24.8 Å². The van der Waals surface area contributed by atoms with Crippen molar-refractivity contribution in [2.75, 3.05) is 28.8 Å². The molecule has 1 aromatic carbocycles. The maximum absolute atomic E-state index is 13.9. The maximum atomic E-state index is 13.9.